The lowest BCUT2D eigenvalue weighted by molar-refractivity contribution is -0.130. The molecule has 1 amide bonds. The molecule has 0 spiro atoms. The van der Waals surface area contributed by atoms with Crippen LogP contribution in [0.4, 0.5) is 5.69 Å². The molecule has 0 radical (unpaired) electrons. The normalized spacial score (nSPS) is 11.4. The van der Waals surface area contributed by atoms with Gasteiger partial charge in [0.05, 0.1) is 11.1 Å². The molecule has 1 heterocycles. The van der Waals surface area contributed by atoms with Crippen molar-refractivity contribution in [1.29, 1.82) is 0 Å². The minimum atomic E-state index is -1.23. The molecular weight excluding hydrogens is 512 g/mol. The molecule has 1 aromatic heterocycles. The van der Waals surface area contributed by atoms with E-state index in [2.05, 4.69) is 26.2 Å². The lowest BCUT2D eigenvalue weighted by atomic mass is 9.99. The second-order valence-corrected chi connectivity index (χ2v) is 8.69. The van der Waals surface area contributed by atoms with Crippen molar-refractivity contribution in [3.8, 4) is 0 Å². The average Bonchev–Trinajstić information content (AvgIpc) is 3.22. The summed E-state index contributed by atoms with van der Waals surface area (Å²) in [6.45, 7) is 1.98. The first-order valence-electron chi connectivity index (χ1n) is 10.8. The number of aromatic carboxylic acids is 1. The first-order valence-corrected chi connectivity index (χ1v) is 11.6. The van der Waals surface area contributed by atoms with Crippen molar-refractivity contribution >= 4 is 62.0 Å². The number of hydrogen-bond acceptors (Lipinski definition) is 3. The lowest BCUT2D eigenvalue weighted by Gasteiger charge is -2.09. The van der Waals surface area contributed by atoms with Crippen LogP contribution in [0.3, 0.4) is 0 Å². The van der Waals surface area contributed by atoms with Gasteiger partial charge in [0, 0.05) is 26.7 Å². The summed E-state index contributed by atoms with van der Waals surface area (Å²) in [5.41, 5.74) is 2.78. The van der Waals surface area contributed by atoms with Crippen LogP contribution in [-0.2, 0) is 11.2 Å². The van der Waals surface area contributed by atoms with E-state index in [4.69, 9.17) is 0 Å². The van der Waals surface area contributed by atoms with Gasteiger partial charge in [0.2, 0.25) is 0 Å². The molecule has 3 aromatic carbocycles. The Kier molecular flexibility index (Phi) is 6.84. The van der Waals surface area contributed by atoms with Crippen LogP contribution in [0.1, 0.15) is 44.5 Å². The largest absolute Gasteiger partial charge is 0.478 e. The zero-order valence-electron chi connectivity index (χ0n) is 18.6. The Morgan fingerprint density at radius 3 is 2.34 bits per heavy atom. The van der Waals surface area contributed by atoms with Crippen molar-refractivity contribution in [3.63, 3.8) is 0 Å². The summed E-state index contributed by atoms with van der Waals surface area (Å²) in [6.07, 6.45) is 2.08. The van der Waals surface area contributed by atoms with E-state index >= 15 is 0 Å². The number of amides is 1. The number of carbonyl (C=O) groups is 3. The second-order valence-electron chi connectivity index (χ2n) is 7.84. The first kappa shape index (κ1) is 24.0. The summed E-state index contributed by atoms with van der Waals surface area (Å²) in [6, 6.07) is 18.8. The van der Waals surface area contributed by atoms with E-state index in [0.29, 0.717) is 32.2 Å². The molecule has 0 saturated carbocycles. The SMILES string of the molecule is CCc1cc(Br)c2[nH]c(C(=O)O)c(C=C(C(=O)O)c3cccc(NC(=O)c4ccccc4)c3)c2c1. The number of H-pyrrole nitrogens is 1. The fourth-order valence-electron chi connectivity index (χ4n) is 3.82. The number of nitrogens with one attached hydrogen (secondary N) is 2. The minimum absolute atomic E-state index is 0.109. The maximum absolute atomic E-state index is 12.5. The summed E-state index contributed by atoms with van der Waals surface area (Å²) in [7, 11) is 0. The van der Waals surface area contributed by atoms with E-state index in [9.17, 15) is 24.6 Å². The van der Waals surface area contributed by atoms with Gasteiger partial charge in [-0.15, -0.1) is 0 Å². The van der Waals surface area contributed by atoms with Crippen molar-refractivity contribution in [2.45, 2.75) is 13.3 Å². The Morgan fingerprint density at radius 2 is 1.69 bits per heavy atom. The smallest absolute Gasteiger partial charge is 0.352 e. The van der Waals surface area contributed by atoms with Crippen molar-refractivity contribution < 1.29 is 24.6 Å². The Morgan fingerprint density at radius 1 is 0.971 bits per heavy atom. The van der Waals surface area contributed by atoms with Crippen molar-refractivity contribution in [1.82, 2.24) is 4.98 Å². The van der Waals surface area contributed by atoms with E-state index in [0.717, 1.165) is 12.0 Å². The number of aromatic nitrogens is 1. The van der Waals surface area contributed by atoms with Gasteiger partial charge in [-0.3, -0.25) is 4.79 Å². The van der Waals surface area contributed by atoms with Crippen molar-refractivity contribution in [2.24, 2.45) is 0 Å². The molecule has 0 aliphatic rings. The Bertz CT molecular complexity index is 1490. The number of carboxylic acid groups (broad SMARTS) is 2. The number of fused-ring (bicyclic) bond motifs is 1. The van der Waals surface area contributed by atoms with Gasteiger partial charge in [-0.2, -0.15) is 0 Å². The molecule has 0 fully saturated rings. The fraction of sp³-hybridized carbons (Fsp3) is 0.0741. The zero-order chi connectivity index (χ0) is 25.1. The number of carboxylic acids is 2. The third-order valence-electron chi connectivity index (χ3n) is 5.57. The minimum Gasteiger partial charge on any atom is -0.478 e. The van der Waals surface area contributed by atoms with E-state index in [1.165, 1.54) is 6.08 Å². The predicted molar refractivity (Wildman–Crippen MR) is 139 cm³/mol. The fourth-order valence-corrected chi connectivity index (χ4v) is 4.43. The monoisotopic (exact) mass is 532 g/mol. The molecule has 0 aliphatic carbocycles. The molecule has 176 valence electrons. The molecule has 35 heavy (non-hydrogen) atoms. The number of carbonyl (C=O) groups excluding carboxylic acids is 1. The summed E-state index contributed by atoms with van der Waals surface area (Å²) in [5.74, 6) is -2.76. The highest BCUT2D eigenvalue weighted by Gasteiger charge is 2.21. The zero-order valence-corrected chi connectivity index (χ0v) is 20.2. The lowest BCUT2D eigenvalue weighted by Crippen LogP contribution is -2.12. The van der Waals surface area contributed by atoms with E-state index in [1.54, 1.807) is 54.6 Å². The molecule has 0 unspecified atom stereocenters. The van der Waals surface area contributed by atoms with E-state index in [1.807, 2.05) is 19.1 Å². The molecule has 7 nitrogen and oxygen atoms in total. The summed E-state index contributed by atoms with van der Waals surface area (Å²) in [4.78, 5) is 39.7. The molecule has 0 aliphatic heterocycles. The van der Waals surface area contributed by atoms with Gasteiger partial charge in [0.1, 0.15) is 5.69 Å². The van der Waals surface area contributed by atoms with Crippen molar-refractivity contribution in [3.05, 3.63) is 99.2 Å². The Balaban J connectivity index is 1.81. The maximum Gasteiger partial charge on any atom is 0.352 e. The van der Waals surface area contributed by atoms with Crippen LogP contribution in [-0.4, -0.2) is 33.0 Å². The standard InChI is InChI=1S/C27H21BrN2O5/c1-2-15-11-20-21(24(27(34)35)30-23(20)22(28)12-15)14-19(26(32)33)17-9-6-10-18(13-17)29-25(31)16-7-4-3-5-8-16/h3-14,30H,2H2,1H3,(H,29,31)(H,32,33)(H,34,35). The van der Waals surface area contributed by atoms with Crippen LogP contribution in [0, 0.1) is 0 Å². The molecular formula is C27H21BrN2O5. The molecule has 4 aromatic rings. The predicted octanol–water partition coefficient (Wildman–Crippen LogP) is 6.07. The number of hydrogen-bond donors (Lipinski definition) is 4. The first-order chi connectivity index (χ1) is 16.8. The highest BCUT2D eigenvalue weighted by atomic mass is 79.9. The topological polar surface area (TPSA) is 119 Å². The molecule has 8 heteroatoms. The number of aryl methyl sites for hydroxylation is 1. The summed E-state index contributed by atoms with van der Waals surface area (Å²) >= 11 is 3.48. The average molecular weight is 533 g/mol. The summed E-state index contributed by atoms with van der Waals surface area (Å²) in [5, 5.41) is 23.2. The molecule has 0 bridgehead atoms. The highest BCUT2D eigenvalue weighted by Crippen LogP contribution is 2.33. The van der Waals surface area contributed by atoms with Gasteiger partial charge in [0.25, 0.3) is 5.91 Å². The Labute approximate surface area is 209 Å². The molecule has 4 rings (SSSR count). The second kappa shape index (κ2) is 9.99. The third-order valence-corrected chi connectivity index (χ3v) is 6.19. The van der Waals surface area contributed by atoms with Crippen LogP contribution in [0.2, 0.25) is 0 Å². The van der Waals surface area contributed by atoms with Crippen LogP contribution < -0.4 is 5.32 Å². The highest BCUT2D eigenvalue weighted by molar-refractivity contribution is 9.10. The van der Waals surface area contributed by atoms with E-state index < -0.39 is 11.9 Å². The third kappa shape index (κ3) is 5.02. The number of aromatic amines is 1. The van der Waals surface area contributed by atoms with Gasteiger partial charge < -0.3 is 20.5 Å². The van der Waals surface area contributed by atoms with Crippen LogP contribution in [0.25, 0.3) is 22.6 Å². The maximum atomic E-state index is 12.5. The van der Waals surface area contributed by atoms with Crippen LogP contribution >= 0.6 is 15.9 Å². The molecule has 0 atom stereocenters. The summed E-state index contributed by atoms with van der Waals surface area (Å²) < 4.78 is 0.691. The van der Waals surface area contributed by atoms with Gasteiger partial charge >= 0.3 is 11.9 Å². The number of anilines is 1. The van der Waals surface area contributed by atoms with Gasteiger partial charge in [-0.05, 0) is 76.0 Å². The number of benzene rings is 3. The Hall–Kier alpha value is -4.17. The number of rotatable bonds is 7. The molecule has 0 saturated heterocycles. The van der Waals surface area contributed by atoms with E-state index in [-0.39, 0.29) is 22.7 Å². The number of halogens is 1. The molecule has 4 N–H and O–H groups in total. The van der Waals surface area contributed by atoms with Gasteiger partial charge in [-0.1, -0.05) is 37.3 Å². The quantitative estimate of drug-likeness (QED) is 0.215. The van der Waals surface area contributed by atoms with Crippen LogP contribution in [0.5, 0.6) is 0 Å². The van der Waals surface area contributed by atoms with Crippen molar-refractivity contribution in [2.75, 3.05) is 5.32 Å². The van der Waals surface area contributed by atoms with Crippen LogP contribution in [0.15, 0.2) is 71.2 Å². The van der Waals surface area contributed by atoms with Gasteiger partial charge in [0.15, 0.2) is 0 Å². The van der Waals surface area contributed by atoms with Gasteiger partial charge in [-0.25, -0.2) is 9.59 Å². The number of aliphatic carboxylic acids is 1.